The van der Waals surface area contributed by atoms with Gasteiger partial charge < -0.3 is 5.32 Å². The predicted molar refractivity (Wildman–Crippen MR) is 76.4 cm³/mol. The van der Waals surface area contributed by atoms with Gasteiger partial charge in [0.1, 0.15) is 0 Å². The van der Waals surface area contributed by atoms with E-state index in [1.54, 1.807) is 0 Å². The fourth-order valence-corrected chi connectivity index (χ4v) is 2.62. The van der Waals surface area contributed by atoms with Crippen LogP contribution < -0.4 is 5.32 Å². The van der Waals surface area contributed by atoms with Gasteiger partial charge in [-0.05, 0) is 35.4 Å². The first-order valence-corrected chi connectivity index (χ1v) is 6.70. The Kier molecular flexibility index (Phi) is 3.58. The SMILES string of the molecule is CN(Cc1cccnc1)Cc1ccc2c(c1)CNC2. The van der Waals surface area contributed by atoms with Crippen molar-refractivity contribution in [3.63, 3.8) is 0 Å². The van der Waals surface area contributed by atoms with E-state index in [2.05, 4.69) is 46.5 Å². The summed E-state index contributed by atoms with van der Waals surface area (Å²) < 4.78 is 0. The molecule has 1 aromatic carbocycles. The molecular formula is C16H19N3. The summed E-state index contributed by atoms with van der Waals surface area (Å²) in [7, 11) is 2.15. The summed E-state index contributed by atoms with van der Waals surface area (Å²) in [4.78, 5) is 6.48. The van der Waals surface area contributed by atoms with E-state index in [0.29, 0.717) is 0 Å². The molecule has 0 aliphatic carbocycles. The zero-order valence-electron chi connectivity index (χ0n) is 11.3. The van der Waals surface area contributed by atoms with Crippen molar-refractivity contribution in [3.8, 4) is 0 Å². The molecule has 0 fully saturated rings. The number of hydrogen-bond donors (Lipinski definition) is 1. The fraction of sp³-hybridized carbons (Fsp3) is 0.312. The van der Waals surface area contributed by atoms with Gasteiger partial charge in [-0.2, -0.15) is 0 Å². The number of nitrogens with zero attached hydrogens (tertiary/aromatic N) is 2. The van der Waals surface area contributed by atoms with E-state index in [1.807, 2.05) is 18.5 Å². The topological polar surface area (TPSA) is 28.2 Å². The van der Waals surface area contributed by atoms with Crippen molar-refractivity contribution in [1.82, 2.24) is 15.2 Å². The summed E-state index contributed by atoms with van der Waals surface area (Å²) in [5.74, 6) is 0. The number of rotatable bonds is 4. The van der Waals surface area contributed by atoms with Crippen LogP contribution in [0.4, 0.5) is 0 Å². The second-order valence-corrected chi connectivity index (χ2v) is 5.24. The third-order valence-electron chi connectivity index (χ3n) is 3.53. The molecule has 3 heteroatoms. The number of nitrogens with one attached hydrogen (secondary N) is 1. The molecule has 0 saturated heterocycles. The second kappa shape index (κ2) is 5.51. The van der Waals surface area contributed by atoms with E-state index in [1.165, 1.54) is 22.3 Å². The fourth-order valence-electron chi connectivity index (χ4n) is 2.62. The molecule has 98 valence electrons. The van der Waals surface area contributed by atoms with Gasteiger partial charge in [-0.15, -0.1) is 0 Å². The van der Waals surface area contributed by atoms with E-state index in [9.17, 15) is 0 Å². The largest absolute Gasteiger partial charge is 0.309 e. The summed E-state index contributed by atoms with van der Waals surface area (Å²) >= 11 is 0. The Morgan fingerprint density at radius 2 is 1.95 bits per heavy atom. The maximum absolute atomic E-state index is 4.16. The Labute approximate surface area is 114 Å². The minimum absolute atomic E-state index is 0.934. The van der Waals surface area contributed by atoms with Crippen LogP contribution in [0, 0.1) is 0 Å². The first-order chi connectivity index (χ1) is 9.31. The molecule has 19 heavy (non-hydrogen) atoms. The second-order valence-electron chi connectivity index (χ2n) is 5.24. The molecule has 0 amide bonds. The smallest absolute Gasteiger partial charge is 0.0312 e. The monoisotopic (exact) mass is 253 g/mol. The van der Waals surface area contributed by atoms with Gasteiger partial charge in [0, 0.05) is 38.6 Å². The van der Waals surface area contributed by atoms with Gasteiger partial charge in [0.25, 0.3) is 0 Å². The van der Waals surface area contributed by atoms with Crippen LogP contribution in [0.3, 0.4) is 0 Å². The number of benzene rings is 1. The summed E-state index contributed by atoms with van der Waals surface area (Å²) in [6, 6.07) is 10.9. The third-order valence-corrected chi connectivity index (χ3v) is 3.53. The molecule has 1 aliphatic rings. The van der Waals surface area contributed by atoms with Crippen molar-refractivity contribution >= 4 is 0 Å². The van der Waals surface area contributed by atoms with Crippen molar-refractivity contribution in [2.75, 3.05) is 7.05 Å². The maximum atomic E-state index is 4.16. The van der Waals surface area contributed by atoms with Crippen LogP contribution in [-0.4, -0.2) is 16.9 Å². The van der Waals surface area contributed by atoms with Crippen LogP contribution in [0.15, 0.2) is 42.7 Å². The highest BCUT2D eigenvalue weighted by Crippen LogP contribution is 2.18. The van der Waals surface area contributed by atoms with Gasteiger partial charge in [-0.1, -0.05) is 24.3 Å². The molecule has 0 unspecified atom stereocenters. The van der Waals surface area contributed by atoms with E-state index < -0.39 is 0 Å². The van der Waals surface area contributed by atoms with Crippen molar-refractivity contribution in [2.45, 2.75) is 26.2 Å². The molecule has 0 saturated carbocycles. The van der Waals surface area contributed by atoms with Crippen molar-refractivity contribution in [2.24, 2.45) is 0 Å². The Hall–Kier alpha value is -1.71. The number of hydrogen-bond acceptors (Lipinski definition) is 3. The molecule has 1 aliphatic heterocycles. The van der Waals surface area contributed by atoms with E-state index in [4.69, 9.17) is 0 Å². The van der Waals surface area contributed by atoms with Crippen LogP contribution in [0.1, 0.15) is 22.3 Å². The average Bonchev–Trinajstić information content (AvgIpc) is 2.87. The van der Waals surface area contributed by atoms with Gasteiger partial charge in [0.05, 0.1) is 0 Å². The lowest BCUT2D eigenvalue weighted by atomic mass is 10.1. The molecule has 0 atom stereocenters. The summed E-state index contributed by atoms with van der Waals surface area (Å²) in [5.41, 5.74) is 5.53. The molecule has 1 aromatic heterocycles. The molecule has 3 nitrogen and oxygen atoms in total. The van der Waals surface area contributed by atoms with Crippen LogP contribution in [0.2, 0.25) is 0 Å². The molecule has 2 heterocycles. The highest BCUT2D eigenvalue weighted by molar-refractivity contribution is 5.34. The Bertz CT molecular complexity index is 551. The zero-order chi connectivity index (χ0) is 13.1. The highest BCUT2D eigenvalue weighted by atomic mass is 15.1. The normalized spacial score (nSPS) is 13.8. The Balaban J connectivity index is 1.65. The van der Waals surface area contributed by atoms with Crippen LogP contribution in [-0.2, 0) is 26.2 Å². The van der Waals surface area contributed by atoms with Gasteiger partial charge >= 0.3 is 0 Å². The van der Waals surface area contributed by atoms with Crippen molar-refractivity contribution in [1.29, 1.82) is 0 Å². The molecule has 2 aromatic rings. The van der Waals surface area contributed by atoms with Gasteiger partial charge in [-0.25, -0.2) is 0 Å². The first kappa shape index (κ1) is 12.3. The lowest BCUT2D eigenvalue weighted by Crippen LogP contribution is -2.17. The van der Waals surface area contributed by atoms with Gasteiger partial charge in [0.2, 0.25) is 0 Å². The Morgan fingerprint density at radius 1 is 1.11 bits per heavy atom. The van der Waals surface area contributed by atoms with Gasteiger partial charge in [-0.3, -0.25) is 9.88 Å². The van der Waals surface area contributed by atoms with E-state index >= 15 is 0 Å². The van der Waals surface area contributed by atoms with Gasteiger partial charge in [0.15, 0.2) is 0 Å². The number of fused-ring (bicyclic) bond motifs is 1. The highest BCUT2D eigenvalue weighted by Gasteiger charge is 2.10. The van der Waals surface area contributed by atoms with E-state index in [-0.39, 0.29) is 0 Å². The van der Waals surface area contributed by atoms with E-state index in [0.717, 1.165) is 26.2 Å². The van der Waals surface area contributed by atoms with Crippen LogP contribution >= 0.6 is 0 Å². The lowest BCUT2D eigenvalue weighted by Gasteiger charge is -2.17. The third kappa shape index (κ3) is 3.00. The molecule has 1 N–H and O–H groups in total. The zero-order valence-corrected chi connectivity index (χ0v) is 11.3. The molecular weight excluding hydrogens is 234 g/mol. The molecule has 0 spiro atoms. The minimum Gasteiger partial charge on any atom is -0.309 e. The standard InChI is InChI=1S/C16H19N3/c1-19(12-14-3-2-6-17-8-14)11-13-4-5-15-9-18-10-16(15)7-13/h2-8,18H,9-12H2,1H3. The van der Waals surface area contributed by atoms with Crippen molar-refractivity contribution in [3.05, 3.63) is 65.0 Å². The molecule has 0 bridgehead atoms. The quantitative estimate of drug-likeness (QED) is 0.906. The average molecular weight is 253 g/mol. The van der Waals surface area contributed by atoms with Crippen LogP contribution in [0.5, 0.6) is 0 Å². The predicted octanol–water partition coefficient (Wildman–Crippen LogP) is 2.32. The molecule has 0 radical (unpaired) electrons. The number of aromatic nitrogens is 1. The first-order valence-electron chi connectivity index (χ1n) is 6.70. The maximum Gasteiger partial charge on any atom is 0.0312 e. The minimum atomic E-state index is 0.934. The lowest BCUT2D eigenvalue weighted by molar-refractivity contribution is 0.318. The summed E-state index contributed by atoms with van der Waals surface area (Å²) in [5, 5.41) is 3.39. The number of pyridine rings is 1. The summed E-state index contributed by atoms with van der Waals surface area (Å²) in [6.45, 7) is 3.93. The van der Waals surface area contributed by atoms with Crippen LogP contribution in [0.25, 0.3) is 0 Å². The summed E-state index contributed by atoms with van der Waals surface area (Å²) in [6.07, 6.45) is 3.75. The Morgan fingerprint density at radius 3 is 2.79 bits per heavy atom. The van der Waals surface area contributed by atoms with Crippen molar-refractivity contribution < 1.29 is 0 Å². The molecule has 3 rings (SSSR count).